The van der Waals surface area contributed by atoms with Crippen LogP contribution in [-0.2, 0) is 0 Å². The van der Waals surface area contributed by atoms with E-state index in [9.17, 15) is 4.79 Å². The zero-order chi connectivity index (χ0) is 27.0. The number of pyridine rings is 1. The fourth-order valence-electron chi connectivity index (χ4n) is 4.30. The van der Waals surface area contributed by atoms with Crippen LogP contribution in [0.15, 0.2) is 66.7 Å². The molecule has 0 saturated carbocycles. The number of nitrogens with two attached hydrogens (primary N) is 1. The Morgan fingerprint density at radius 3 is 2.34 bits per heavy atom. The number of benzene rings is 3. The Kier molecular flexibility index (Phi) is 6.97. The van der Waals surface area contributed by atoms with Crippen LogP contribution in [0.4, 0.5) is 11.4 Å². The van der Waals surface area contributed by atoms with Crippen LogP contribution in [0.5, 0.6) is 11.5 Å². The first kappa shape index (κ1) is 25.6. The van der Waals surface area contributed by atoms with Crippen molar-refractivity contribution >= 4 is 50.4 Å². The normalized spacial score (nSPS) is 11.0. The molecule has 0 bridgehead atoms. The number of carbonyl (C=O) groups excluding carboxylic acids is 1. The fraction of sp³-hybridized carbons (Fsp3) is 0.133. The van der Waals surface area contributed by atoms with Gasteiger partial charge in [0.1, 0.15) is 9.71 Å². The molecule has 192 valence electrons. The molecule has 0 unspecified atom stereocenters. The van der Waals surface area contributed by atoms with Gasteiger partial charge in [-0.3, -0.25) is 4.79 Å². The predicted octanol–water partition coefficient (Wildman–Crippen LogP) is 7.75. The number of carbonyl (C=O) groups is 1. The average molecular weight is 544 g/mol. The largest absolute Gasteiger partial charge is 0.493 e. The number of aromatic nitrogens is 1. The molecule has 38 heavy (non-hydrogen) atoms. The van der Waals surface area contributed by atoms with Crippen LogP contribution >= 0.6 is 22.9 Å². The van der Waals surface area contributed by atoms with Crippen molar-refractivity contribution in [3.05, 3.63) is 87.8 Å². The zero-order valence-electron chi connectivity index (χ0n) is 21.4. The molecule has 0 aliphatic carbocycles. The highest BCUT2D eigenvalue weighted by Gasteiger charge is 2.23. The Hall–Kier alpha value is -4.07. The molecule has 6 nitrogen and oxygen atoms in total. The maximum Gasteiger partial charge on any atom is 0.267 e. The van der Waals surface area contributed by atoms with Gasteiger partial charge in [0.15, 0.2) is 11.5 Å². The number of hydrogen-bond donors (Lipinski definition) is 2. The predicted molar refractivity (Wildman–Crippen MR) is 157 cm³/mol. The first-order valence-corrected chi connectivity index (χ1v) is 13.1. The minimum atomic E-state index is -0.314. The van der Waals surface area contributed by atoms with Crippen LogP contribution in [0.3, 0.4) is 0 Å². The van der Waals surface area contributed by atoms with Crippen LogP contribution in [0, 0.1) is 13.8 Å². The molecule has 2 heterocycles. The van der Waals surface area contributed by atoms with Crippen LogP contribution in [-0.4, -0.2) is 25.1 Å². The minimum Gasteiger partial charge on any atom is -0.493 e. The van der Waals surface area contributed by atoms with Crippen molar-refractivity contribution < 1.29 is 14.3 Å². The van der Waals surface area contributed by atoms with Crippen molar-refractivity contribution in [2.75, 3.05) is 25.3 Å². The highest BCUT2D eigenvalue weighted by atomic mass is 35.5. The Balaban J connectivity index is 1.70. The molecule has 0 saturated heterocycles. The second-order valence-corrected chi connectivity index (χ2v) is 10.4. The molecule has 2 aromatic heterocycles. The Morgan fingerprint density at radius 2 is 1.63 bits per heavy atom. The maximum atomic E-state index is 13.4. The molecule has 0 aliphatic rings. The van der Waals surface area contributed by atoms with Gasteiger partial charge in [-0.05, 0) is 60.9 Å². The van der Waals surface area contributed by atoms with Gasteiger partial charge in [-0.2, -0.15) is 0 Å². The van der Waals surface area contributed by atoms with Crippen LogP contribution in [0.1, 0.15) is 20.8 Å². The summed E-state index contributed by atoms with van der Waals surface area (Å²) in [4.78, 5) is 19.4. The summed E-state index contributed by atoms with van der Waals surface area (Å²) in [5, 5.41) is 4.21. The average Bonchev–Trinajstić information content (AvgIpc) is 3.26. The van der Waals surface area contributed by atoms with Crippen molar-refractivity contribution in [2.45, 2.75) is 13.8 Å². The Bertz CT molecular complexity index is 1680. The van der Waals surface area contributed by atoms with Crippen molar-refractivity contribution in [1.82, 2.24) is 4.98 Å². The monoisotopic (exact) mass is 543 g/mol. The van der Waals surface area contributed by atoms with Gasteiger partial charge in [-0.15, -0.1) is 11.3 Å². The third-order valence-corrected chi connectivity index (χ3v) is 7.73. The fourth-order valence-corrected chi connectivity index (χ4v) is 5.49. The van der Waals surface area contributed by atoms with Gasteiger partial charge in [-0.25, -0.2) is 4.98 Å². The molecule has 5 rings (SSSR count). The Morgan fingerprint density at radius 1 is 0.921 bits per heavy atom. The Labute approximate surface area is 230 Å². The molecular formula is C30H26ClN3O3S. The minimum absolute atomic E-state index is 0.314. The zero-order valence-corrected chi connectivity index (χ0v) is 23.0. The molecule has 0 fully saturated rings. The molecule has 3 aromatic carbocycles. The van der Waals surface area contributed by atoms with Gasteiger partial charge in [-0.1, -0.05) is 53.6 Å². The molecule has 5 aromatic rings. The van der Waals surface area contributed by atoms with Crippen molar-refractivity contribution in [3.63, 3.8) is 0 Å². The first-order valence-electron chi connectivity index (χ1n) is 11.9. The number of amides is 1. The number of thiophene rings is 1. The summed E-state index contributed by atoms with van der Waals surface area (Å²) in [7, 11) is 3.20. The molecule has 1 amide bonds. The van der Waals surface area contributed by atoms with E-state index in [1.165, 1.54) is 11.3 Å². The number of aryl methyl sites for hydroxylation is 2. The van der Waals surface area contributed by atoms with Gasteiger partial charge in [0, 0.05) is 21.7 Å². The summed E-state index contributed by atoms with van der Waals surface area (Å²) in [6, 6.07) is 21.2. The van der Waals surface area contributed by atoms with E-state index in [0.29, 0.717) is 43.0 Å². The lowest BCUT2D eigenvalue weighted by Gasteiger charge is -2.12. The van der Waals surface area contributed by atoms with E-state index in [-0.39, 0.29) is 5.91 Å². The second kappa shape index (κ2) is 10.4. The topological polar surface area (TPSA) is 86.5 Å². The van der Waals surface area contributed by atoms with Crippen LogP contribution in [0.25, 0.3) is 32.6 Å². The number of rotatable bonds is 6. The number of halogens is 1. The third kappa shape index (κ3) is 4.78. The van der Waals surface area contributed by atoms with Crippen molar-refractivity contribution in [1.29, 1.82) is 0 Å². The van der Waals surface area contributed by atoms with E-state index in [1.807, 2.05) is 68.4 Å². The number of hydrogen-bond acceptors (Lipinski definition) is 6. The van der Waals surface area contributed by atoms with E-state index < -0.39 is 0 Å². The number of ether oxygens (including phenoxy) is 2. The molecule has 0 spiro atoms. The lowest BCUT2D eigenvalue weighted by Crippen LogP contribution is -2.12. The maximum absolute atomic E-state index is 13.4. The number of nitrogen functional groups attached to an aromatic ring is 1. The van der Waals surface area contributed by atoms with Crippen LogP contribution < -0.4 is 20.5 Å². The third-order valence-electron chi connectivity index (χ3n) is 6.39. The van der Waals surface area contributed by atoms with E-state index in [0.717, 1.165) is 33.5 Å². The molecule has 3 N–H and O–H groups in total. The standard InChI is InChI=1S/C30H26ClN3O3S/c1-16-5-8-18(9-6-16)23-15-21(19-10-12-24(36-3)25(13-19)37-4)26-27(32)28(38-30(26)34-23)29(35)33-22-14-20(31)11-7-17(22)2/h5-15H,32H2,1-4H3,(H,33,35). The first-order chi connectivity index (χ1) is 18.3. The molecule has 0 radical (unpaired) electrons. The van der Waals surface area contributed by atoms with Crippen molar-refractivity contribution in [2.24, 2.45) is 0 Å². The van der Waals surface area contributed by atoms with Crippen LogP contribution in [0.2, 0.25) is 5.02 Å². The number of nitrogens with zero attached hydrogens (tertiary/aromatic N) is 1. The van der Waals surface area contributed by atoms with Crippen molar-refractivity contribution in [3.8, 4) is 33.9 Å². The van der Waals surface area contributed by atoms with Gasteiger partial charge in [0.2, 0.25) is 0 Å². The summed E-state index contributed by atoms with van der Waals surface area (Å²) < 4.78 is 11.0. The number of methoxy groups -OCH3 is 2. The highest BCUT2D eigenvalue weighted by molar-refractivity contribution is 7.21. The smallest absolute Gasteiger partial charge is 0.267 e. The van der Waals surface area contributed by atoms with Gasteiger partial charge in [0.25, 0.3) is 5.91 Å². The molecule has 0 atom stereocenters. The lowest BCUT2D eigenvalue weighted by atomic mass is 9.98. The second-order valence-electron chi connectivity index (χ2n) is 8.93. The quantitative estimate of drug-likeness (QED) is 0.228. The summed E-state index contributed by atoms with van der Waals surface area (Å²) in [6.45, 7) is 3.95. The van der Waals surface area contributed by atoms with E-state index in [1.54, 1.807) is 26.4 Å². The molecular weight excluding hydrogens is 518 g/mol. The number of anilines is 2. The van der Waals surface area contributed by atoms with E-state index in [4.69, 9.17) is 31.8 Å². The molecule has 0 aliphatic heterocycles. The summed E-state index contributed by atoms with van der Waals surface area (Å²) in [6.07, 6.45) is 0. The lowest BCUT2D eigenvalue weighted by molar-refractivity contribution is 0.103. The summed E-state index contributed by atoms with van der Waals surface area (Å²) >= 11 is 7.42. The summed E-state index contributed by atoms with van der Waals surface area (Å²) in [5.41, 5.74) is 13.2. The van der Waals surface area contributed by atoms with E-state index >= 15 is 0 Å². The summed E-state index contributed by atoms with van der Waals surface area (Å²) in [5.74, 6) is 0.900. The van der Waals surface area contributed by atoms with Gasteiger partial charge < -0.3 is 20.5 Å². The SMILES string of the molecule is COc1ccc(-c2cc(-c3ccc(C)cc3)nc3sc(C(=O)Nc4cc(Cl)ccc4C)c(N)c23)cc1OC. The molecule has 8 heteroatoms. The van der Waals surface area contributed by atoms with Gasteiger partial charge in [0.05, 0.1) is 25.6 Å². The van der Waals surface area contributed by atoms with E-state index in [2.05, 4.69) is 5.32 Å². The number of fused-ring (bicyclic) bond motifs is 1. The van der Waals surface area contributed by atoms with Gasteiger partial charge >= 0.3 is 0 Å². The highest BCUT2D eigenvalue weighted by Crippen LogP contribution is 2.43. The number of nitrogens with one attached hydrogen (secondary N) is 1.